The van der Waals surface area contributed by atoms with Gasteiger partial charge in [-0.05, 0) is 23.3 Å². The number of benzene rings is 2. The Morgan fingerprint density at radius 3 is 2.32 bits per heavy atom. The summed E-state index contributed by atoms with van der Waals surface area (Å²) in [6, 6.07) is 12.3. The number of ether oxygens (including phenoxy) is 1. The molecular formula is C17H13BF3N3O. The molecule has 0 saturated carbocycles. The number of nitrogens with one attached hydrogen (secondary N) is 1. The van der Waals surface area contributed by atoms with Crippen LogP contribution in [-0.4, -0.2) is 24.2 Å². The van der Waals surface area contributed by atoms with Crippen molar-refractivity contribution in [2.75, 3.05) is 0 Å². The van der Waals surface area contributed by atoms with Crippen LogP contribution >= 0.6 is 0 Å². The molecule has 0 aliphatic heterocycles. The maximum Gasteiger partial charge on any atom is 0.573 e. The largest absolute Gasteiger partial charge is 0.573 e. The fourth-order valence-electron chi connectivity index (χ4n) is 2.62. The fourth-order valence-corrected chi connectivity index (χ4v) is 2.62. The molecule has 0 aliphatic rings. The molecule has 0 saturated heterocycles. The first-order valence-electron chi connectivity index (χ1n) is 7.30. The van der Waals surface area contributed by atoms with Crippen molar-refractivity contribution >= 4 is 13.3 Å². The molecule has 2 radical (unpaired) electrons. The third kappa shape index (κ3) is 3.53. The van der Waals surface area contributed by atoms with E-state index >= 15 is 0 Å². The van der Waals surface area contributed by atoms with Gasteiger partial charge in [-0.15, -0.1) is 13.2 Å². The van der Waals surface area contributed by atoms with Gasteiger partial charge in [0, 0.05) is 12.4 Å². The Bertz CT molecular complexity index is 850. The number of nitrogens with zero attached hydrogens (tertiary/aromatic N) is 1. The first kappa shape index (κ1) is 17.1. The Morgan fingerprint density at radius 1 is 1.04 bits per heavy atom. The second-order valence-electron chi connectivity index (χ2n) is 5.44. The lowest BCUT2D eigenvalue weighted by Gasteiger charge is -2.29. The molecule has 0 fully saturated rings. The number of halogens is 3. The minimum absolute atomic E-state index is 0.328. The van der Waals surface area contributed by atoms with E-state index in [4.69, 9.17) is 13.6 Å². The highest BCUT2D eigenvalue weighted by molar-refractivity contribution is 6.32. The number of imidazole rings is 1. The van der Waals surface area contributed by atoms with Crippen molar-refractivity contribution in [3.63, 3.8) is 0 Å². The van der Waals surface area contributed by atoms with Gasteiger partial charge in [0.2, 0.25) is 0 Å². The predicted octanol–water partition coefficient (Wildman–Crippen LogP) is 2.35. The number of H-pyrrole nitrogens is 1. The minimum Gasteiger partial charge on any atom is -0.406 e. The Kier molecular flexibility index (Phi) is 4.30. The Hall–Kier alpha value is -2.74. The maximum absolute atomic E-state index is 12.3. The highest BCUT2D eigenvalue weighted by Gasteiger charge is 2.35. The summed E-state index contributed by atoms with van der Waals surface area (Å²) in [4.78, 5) is 7.18. The van der Waals surface area contributed by atoms with E-state index in [1.807, 2.05) is 0 Å². The zero-order chi connectivity index (χ0) is 18.1. The summed E-state index contributed by atoms with van der Waals surface area (Å²) in [6.45, 7) is 0. The van der Waals surface area contributed by atoms with Crippen LogP contribution in [0.5, 0.6) is 5.75 Å². The summed E-state index contributed by atoms with van der Waals surface area (Å²) < 4.78 is 40.9. The molecule has 0 aliphatic carbocycles. The minimum atomic E-state index is -4.75. The molecule has 1 atom stereocenters. The van der Waals surface area contributed by atoms with E-state index in [1.54, 1.807) is 36.7 Å². The van der Waals surface area contributed by atoms with Crippen molar-refractivity contribution in [1.82, 2.24) is 9.97 Å². The predicted molar refractivity (Wildman–Crippen MR) is 87.6 cm³/mol. The molecule has 4 nitrogen and oxygen atoms in total. The number of alkyl halides is 3. The fraction of sp³-hybridized carbons (Fsp3) is 0.118. The van der Waals surface area contributed by atoms with Gasteiger partial charge in [-0.3, -0.25) is 0 Å². The summed E-state index contributed by atoms with van der Waals surface area (Å²) in [5, 5.41) is 0. The van der Waals surface area contributed by atoms with Gasteiger partial charge in [-0.2, -0.15) is 0 Å². The smallest absolute Gasteiger partial charge is 0.406 e. The van der Waals surface area contributed by atoms with E-state index in [9.17, 15) is 13.2 Å². The molecule has 1 aromatic heterocycles. The van der Waals surface area contributed by atoms with Gasteiger partial charge in [-0.1, -0.05) is 41.9 Å². The third-order valence-electron chi connectivity index (χ3n) is 3.76. The molecule has 0 amide bonds. The number of rotatable bonds is 4. The van der Waals surface area contributed by atoms with Crippen LogP contribution in [0.4, 0.5) is 13.2 Å². The topological polar surface area (TPSA) is 63.9 Å². The van der Waals surface area contributed by atoms with Crippen LogP contribution in [-0.2, 0) is 5.54 Å². The number of hydrogen-bond acceptors (Lipinski definition) is 3. The van der Waals surface area contributed by atoms with E-state index in [2.05, 4.69) is 14.7 Å². The maximum atomic E-state index is 12.3. The van der Waals surface area contributed by atoms with Crippen LogP contribution in [0.15, 0.2) is 60.9 Å². The number of hydrogen-bond donors (Lipinski definition) is 2. The van der Waals surface area contributed by atoms with Crippen LogP contribution in [0.25, 0.3) is 0 Å². The molecule has 3 N–H and O–H groups in total. The summed E-state index contributed by atoms with van der Waals surface area (Å²) in [6.07, 6.45) is -1.59. The van der Waals surface area contributed by atoms with Gasteiger partial charge in [0.15, 0.2) is 0 Å². The van der Waals surface area contributed by atoms with E-state index in [0.29, 0.717) is 22.4 Å². The van der Waals surface area contributed by atoms with Crippen molar-refractivity contribution < 1.29 is 17.9 Å². The average Bonchev–Trinajstić information content (AvgIpc) is 3.08. The molecule has 2 aromatic carbocycles. The third-order valence-corrected chi connectivity index (χ3v) is 3.76. The van der Waals surface area contributed by atoms with Gasteiger partial charge in [-0.25, -0.2) is 4.98 Å². The van der Waals surface area contributed by atoms with Gasteiger partial charge < -0.3 is 15.5 Å². The summed E-state index contributed by atoms with van der Waals surface area (Å²) in [5.41, 5.74) is 7.11. The lowest BCUT2D eigenvalue weighted by Crippen LogP contribution is -2.41. The van der Waals surface area contributed by atoms with Gasteiger partial charge in [0.05, 0.1) is 0 Å². The van der Waals surface area contributed by atoms with Crippen LogP contribution in [0.3, 0.4) is 0 Å². The summed E-state index contributed by atoms with van der Waals surface area (Å²) in [5.74, 6) is 0.105. The van der Waals surface area contributed by atoms with Gasteiger partial charge >= 0.3 is 6.36 Å². The highest BCUT2D eigenvalue weighted by Crippen LogP contribution is 2.33. The van der Waals surface area contributed by atoms with Crippen molar-refractivity contribution in [2.45, 2.75) is 11.9 Å². The molecule has 8 heteroatoms. The van der Waals surface area contributed by atoms with Crippen LogP contribution in [0.1, 0.15) is 17.0 Å². The second-order valence-corrected chi connectivity index (χ2v) is 5.44. The molecule has 3 aromatic rings. The van der Waals surface area contributed by atoms with Gasteiger partial charge in [0.25, 0.3) is 0 Å². The molecule has 126 valence electrons. The monoisotopic (exact) mass is 343 g/mol. The first-order chi connectivity index (χ1) is 11.8. The second kappa shape index (κ2) is 6.29. The van der Waals surface area contributed by atoms with E-state index < -0.39 is 11.9 Å². The molecule has 3 rings (SSSR count). The zero-order valence-corrected chi connectivity index (χ0v) is 12.9. The van der Waals surface area contributed by atoms with E-state index in [0.717, 1.165) is 0 Å². The standard InChI is InChI=1S/C17H13BF3N3O/c18-13-3-1-2-12(10-13)16(22,15-23-8-9-24-15)11-4-6-14(7-5-11)25-17(19,20)21/h1-10H,22H2,(H,23,24). The van der Waals surface area contributed by atoms with E-state index in [-0.39, 0.29) is 5.75 Å². The molecule has 25 heavy (non-hydrogen) atoms. The zero-order valence-electron chi connectivity index (χ0n) is 12.9. The lowest BCUT2D eigenvalue weighted by atomic mass is 9.80. The van der Waals surface area contributed by atoms with Crippen LogP contribution < -0.4 is 15.9 Å². The molecule has 0 spiro atoms. The number of nitrogens with two attached hydrogens (primary N) is 1. The SMILES string of the molecule is [B]c1cccc(C(N)(c2ccc(OC(F)(F)F)cc2)c2ncc[nH]2)c1. The lowest BCUT2D eigenvalue weighted by molar-refractivity contribution is -0.274. The molecule has 1 heterocycles. The van der Waals surface area contributed by atoms with Crippen LogP contribution in [0, 0.1) is 0 Å². The van der Waals surface area contributed by atoms with E-state index in [1.165, 1.54) is 24.3 Å². The van der Waals surface area contributed by atoms with Gasteiger partial charge in [0.1, 0.15) is 25.0 Å². The quantitative estimate of drug-likeness (QED) is 0.715. The Labute approximate surface area is 143 Å². The summed E-state index contributed by atoms with van der Waals surface area (Å²) >= 11 is 0. The molecular weight excluding hydrogens is 330 g/mol. The van der Waals surface area contributed by atoms with Crippen molar-refractivity contribution in [1.29, 1.82) is 0 Å². The normalized spacial score (nSPS) is 14.1. The molecule has 1 unspecified atom stereocenters. The van der Waals surface area contributed by atoms with Crippen molar-refractivity contribution in [3.05, 3.63) is 77.9 Å². The average molecular weight is 343 g/mol. The highest BCUT2D eigenvalue weighted by atomic mass is 19.4. The summed E-state index contributed by atoms with van der Waals surface area (Å²) in [7, 11) is 5.85. The van der Waals surface area contributed by atoms with Crippen LogP contribution in [0.2, 0.25) is 0 Å². The van der Waals surface area contributed by atoms with Crippen molar-refractivity contribution in [2.24, 2.45) is 5.73 Å². The van der Waals surface area contributed by atoms with Crippen molar-refractivity contribution in [3.8, 4) is 5.75 Å². The molecule has 0 bridgehead atoms. The number of aromatic nitrogens is 2. The Balaban J connectivity index is 2.07. The Morgan fingerprint density at radius 2 is 1.76 bits per heavy atom. The number of aromatic amines is 1. The first-order valence-corrected chi connectivity index (χ1v) is 7.30.